The molecule has 0 aromatic heterocycles. The number of methoxy groups -OCH3 is 2. The van der Waals surface area contributed by atoms with Gasteiger partial charge in [0.2, 0.25) is 0 Å². The second-order valence-electron chi connectivity index (χ2n) is 8.75. The van der Waals surface area contributed by atoms with Crippen molar-refractivity contribution in [3.8, 4) is 11.1 Å². The lowest BCUT2D eigenvalue weighted by atomic mass is 9.84. The minimum Gasteiger partial charge on any atom is -0.465 e. The third-order valence-electron chi connectivity index (χ3n) is 5.67. The number of benzene rings is 2. The van der Waals surface area contributed by atoms with Gasteiger partial charge in [-0.3, -0.25) is 0 Å². The number of esters is 2. The molecule has 1 heterocycles. The van der Waals surface area contributed by atoms with Crippen molar-refractivity contribution < 1.29 is 23.8 Å². The second-order valence-corrected chi connectivity index (χ2v) is 8.75. The van der Waals surface area contributed by atoms with Gasteiger partial charge >= 0.3 is 11.9 Å². The van der Waals surface area contributed by atoms with Crippen LogP contribution in [0.25, 0.3) is 11.1 Å². The highest BCUT2D eigenvalue weighted by Crippen LogP contribution is 2.39. The Kier molecular flexibility index (Phi) is 6.70. The molecule has 0 bridgehead atoms. The highest BCUT2D eigenvalue weighted by molar-refractivity contribution is 6.10. The van der Waals surface area contributed by atoms with Gasteiger partial charge in [-0.1, -0.05) is 45.0 Å². The summed E-state index contributed by atoms with van der Waals surface area (Å²) in [6.07, 6.45) is 0. The van der Waals surface area contributed by atoms with Crippen molar-refractivity contribution in [2.45, 2.75) is 33.1 Å². The van der Waals surface area contributed by atoms with Gasteiger partial charge in [-0.05, 0) is 35.1 Å². The number of hydrogen-bond acceptors (Lipinski definition) is 6. The zero-order chi connectivity index (χ0) is 22.8. The fourth-order valence-electron chi connectivity index (χ4n) is 3.95. The Morgan fingerprint density at radius 1 is 0.935 bits per heavy atom. The summed E-state index contributed by atoms with van der Waals surface area (Å²) in [5.41, 5.74) is 4.71. The van der Waals surface area contributed by atoms with Gasteiger partial charge in [0.25, 0.3) is 0 Å². The Morgan fingerprint density at radius 2 is 1.48 bits per heavy atom. The number of rotatable bonds is 4. The van der Waals surface area contributed by atoms with E-state index in [4.69, 9.17) is 14.2 Å². The Hall–Kier alpha value is -2.86. The van der Waals surface area contributed by atoms with Gasteiger partial charge in [0.05, 0.1) is 44.2 Å². The third kappa shape index (κ3) is 4.59. The van der Waals surface area contributed by atoms with Crippen molar-refractivity contribution in [3.63, 3.8) is 0 Å². The van der Waals surface area contributed by atoms with E-state index in [-0.39, 0.29) is 5.41 Å². The van der Waals surface area contributed by atoms with E-state index in [1.165, 1.54) is 14.2 Å². The Balaban J connectivity index is 2.32. The maximum absolute atomic E-state index is 13.0. The monoisotopic (exact) mass is 425 g/mol. The van der Waals surface area contributed by atoms with E-state index >= 15 is 0 Å². The standard InChI is InChI=1S/C25H31NO5/c1-16-15-19(26-11-13-31-14-12-26)22(24(28)30-6)21(20(16)23(27)29-5)17-7-9-18(10-8-17)25(2,3)4/h7-10,15H,11-14H2,1-6H3. The molecule has 0 saturated carbocycles. The number of ether oxygens (including phenoxy) is 3. The second kappa shape index (κ2) is 9.10. The highest BCUT2D eigenvalue weighted by atomic mass is 16.5. The fourth-order valence-corrected chi connectivity index (χ4v) is 3.95. The van der Waals surface area contributed by atoms with E-state index < -0.39 is 11.9 Å². The topological polar surface area (TPSA) is 65.1 Å². The molecule has 0 amide bonds. The number of hydrogen-bond donors (Lipinski definition) is 0. The van der Waals surface area contributed by atoms with Crippen LogP contribution in [0.5, 0.6) is 0 Å². The maximum Gasteiger partial charge on any atom is 0.340 e. The smallest absolute Gasteiger partial charge is 0.340 e. The molecule has 31 heavy (non-hydrogen) atoms. The Morgan fingerprint density at radius 3 is 2.00 bits per heavy atom. The van der Waals surface area contributed by atoms with E-state index in [2.05, 4.69) is 25.7 Å². The lowest BCUT2D eigenvalue weighted by Gasteiger charge is -2.32. The molecule has 6 heteroatoms. The van der Waals surface area contributed by atoms with Gasteiger partial charge in [-0.2, -0.15) is 0 Å². The number of anilines is 1. The molecule has 0 spiro atoms. The van der Waals surface area contributed by atoms with Crippen molar-refractivity contribution in [1.82, 2.24) is 0 Å². The molecule has 0 radical (unpaired) electrons. The number of aryl methyl sites for hydroxylation is 1. The maximum atomic E-state index is 13.0. The first-order chi connectivity index (χ1) is 14.7. The van der Waals surface area contributed by atoms with E-state index in [1.807, 2.05) is 37.3 Å². The van der Waals surface area contributed by atoms with Crippen LogP contribution in [-0.2, 0) is 19.6 Å². The molecule has 0 N–H and O–H groups in total. The van der Waals surface area contributed by atoms with Crippen molar-refractivity contribution in [3.05, 3.63) is 52.6 Å². The van der Waals surface area contributed by atoms with E-state index in [0.29, 0.717) is 43.0 Å². The van der Waals surface area contributed by atoms with Crippen LogP contribution in [0.15, 0.2) is 30.3 Å². The van der Waals surface area contributed by atoms with Gasteiger partial charge in [-0.15, -0.1) is 0 Å². The predicted molar refractivity (Wildman–Crippen MR) is 121 cm³/mol. The molecule has 0 atom stereocenters. The molecule has 3 rings (SSSR count). The first kappa shape index (κ1) is 22.8. The summed E-state index contributed by atoms with van der Waals surface area (Å²) in [5.74, 6) is -0.965. The lowest BCUT2D eigenvalue weighted by Crippen LogP contribution is -2.37. The SMILES string of the molecule is COC(=O)c1c(C)cc(N2CCOCC2)c(C(=O)OC)c1-c1ccc(C(C)(C)C)cc1. The van der Waals surface area contributed by atoms with Gasteiger partial charge in [0, 0.05) is 18.7 Å². The number of nitrogens with zero attached hydrogens (tertiary/aromatic N) is 1. The van der Waals surface area contributed by atoms with Gasteiger partial charge < -0.3 is 19.1 Å². The Labute approximate surface area is 184 Å². The average Bonchev–Trinajstić information content (AvgIpc) is 2.77. The number of carbonyl (C=O) groups excluding carboxylic acids is 2. The molecular formula is C25H31NO5. The summed E-state index contributed by atoms with van der Waals surface area (Å²) in [4.78, 5) is 27.9. The van der Waals surface area contributed by atoms with Crippen molar-refractivity contribution in [1.29, 1.82) is 0 Å². The lowest BCUT2D eigenvalue weighted by molar-refractivity contribution is 0.0600. The minimum atomic E-state index is -0.485. The zero-order valence-electron chi connectivity index (χ0n) is 19.2. The van der Waals surface area contributed by atoms with Gasteiger partial charge in [0.15, 0.2) is 0 Å². The quantitative estimate of drug-likeness (QED) is 0.678. The van der Waals surface area contributed by atoms with Crippen LogP contribution >= 0.6 is 0 Å². The molecule has 1 aliphatic heterocycles. The first-order valence-corrected chi connectivity index (χ1v) is 10.5. The number of morpholine rings is 1. The molecule has 1 aliphatic rings. The van der Waals surface area contributed by atoms with Crippen LogP contribution in [0, 0.1) is 6.92 Å². The Bertz CT molecular complexity index is 967. The largest absolute Gasteiger partial charge is 0.465 e. The van der Waals surface area contributed by atoms with Crippen LogP contribution in [0.1, 0.15) is 52.6 Å². The summed E-state index contributed by atoms with van der Waals surface area (Å²) in [6, 6.07) is 9.86. The highest BCUT2D eigenvalue weighted by Gasteiger charge is 2.30. The van der Waals surface area contributed by atoms with Crippen molar-refractivity contribution in [2.24, 2.45) is 0 Å². The van der Waals surface area contributed by atoms with Crippen LogP contribution < -0.4 is 4.90 Å². The predicted octanol–water partition coefficient (Wildman–Crippen LogP) is 4.37. The van der Waals surface area contributed by atoms with Crippen LogP contribution in [0.3, 0.4) is 0 Å². The molecule has 0 unspecified atom stereocenters. The van der Waals surface area contributed by atoms with E-state index in [1.54, 1.807) is 0 Å². The van der Waals surface area contributed by atoms with Crippen molar-refractivity contribution >= 4 is 17.6 Å². The molecule has 166 valence electrons. The zero-order valence-corrected chi connectivity index (χ0v) is 19.2. The summed E-state index contributed by atoms with van der Waals surface area (Å²) < 4.78 is 15.7. The summed E-state index contributed by atoms with van der Waals surface area (Å²) in [6.45, 7) is 10.8. The van der Waals surface area contributed by atoms with Gasteiger partial charge in [-0.25, -0.2) is 9.59 Å². The van der Waals surface area contributed by atoms with Crippen LogP contribution in [0.2, 0.25) is 0 Å². The molecule has 2 aromatic rings. The van der Waals surface area contributed by atoms with Crippen LogP contribution in [0.4, 0.5) is 5.69 Å². The minimum absolute atomic E-state index is 0.0134. The number of carbonyl (C=O) groups is 2. The summed E-state index contributed by atoms with van der Waals surface area (Å²) in [7, 11) is 2.71. The molecule has 1 fully saturated rings. The van der Waals surface area contributed by atoms with E-state index in [9.17, 15) is 9.59 Å². The van der Waals surface area contributed by atoms with Gasteiger partial charge in [0.1, 0.15) is 0 Å². The average molecular weight is 426 g/mol. The third-order valence-corrected chi connectivity index (χ3v) is 5.67. The molecule has 0 aliphatic carbocycles. The molecule has 6 nitrogen and oxygen atoms in total. The molecule has 1 saturated heterocycles. The fraction of sp³-hybridized carbons (Fsp3) is 0.440. The van der Waals surface area contributed by atoms with E-state index in [0.717, 1.165) is 22.4 Å². The summed E-state index contributed by atoms with van der Waals surface area (Å²) >= 11 is 0. The summed E-state index contributed by atoms with van der Waals surface area (Å²) in [5, 5.41) is 0. The first-order valence-electron chi connectivity index (χ1n) is 10.5. The molecular weight excluding hydrogens is 394 g/mol. The normalized spacial score (nSPS) is 14.3. The van der Waals surface area contributed by atoms with Crippen LogP contribution in [-0.4, -0.2) is 52.5 Å². The van der Waals surface area contributed by atoms with Crippen molar-refractivity contribution in [2.75, 3.05) is 45.4 Å². The molecule has 2 aromatic carbocycles.